The maximum Gasteiger partial charge on any atom is 0.256 e. The van der Waals surface area contributed by atoms with Crippen LogP contribution in [0.5, 0.6) is 5.75 Å². The summed E-state index contributed by atoms with van der Waals surface area (Å²) in [6.07, 6.45) is 0. The van der Waals surface area contributed by atoms with E-state index in [0.717, 1.165) is 0 Å². The summed E-state index contributed by atoms with van der Waals surface area (Å²) in [6.45, 7) is 0.291. The predicted molar refractivity (Wildman–Crippen MR) is 96.7 cm³/mol. The maximum atomic E-state index is 13.6. The minimum Gasteiger partial charge on any atom is -0.497 e. The number of aromatic nitrogens is 2. The van der Waals surface area contributed by atoms with Gasteiger partial charge < -0.3 is 15.4 Å². The monoisotopic (exact) mass is 352 g/mol. The Kier molecular flexibility index (Phi) is 5.38. The SMILES string of the molecule is COc1ccc(C(=O)Nc2ccc(NCc3ccccc3F)nn2)cc1. The van der Waals surface area contributed by atoms with Crippen molar-refractivity contribution in [1.29, 1.82) is 0 Å². The third-order valence-electron chi connectivity index (χ3n) is 3.68. The molecule has 0 spiro atoms. The third-order valence-corrected chi connectivity index (χ3v) is 3.68. The Balaban J connectivity index is 1.58. The molecule has 2 N–H and O–H groups in total. The minimum atomic E-state index is -0.297. The van der Waals surface area contributed by atoms with Crippen LogP contribution in [0, 0.1) is 5.82 Å². The number of ether oxygens (including phenoxy) is 1. The van der Waals surface area contributed by atoms with Crippen LogP contribution >= 0.6 is 0 Å². The quantitative estimate of drug-likeness (QED) is 0.710. The van der Waals surface area contributed by atoms with Crippen LogP contribution in [0.2, 0.25) is 0 Å². The standard InChI is InChI=1S/C19H17FN4O2/c1-26-15-8-6-13(7-9-15)19(25)22-18-11-10-17(23-24-18)21-12-14-4-2-3-5-16(14)20/h2-11H,12H2,1H3,(H,21,23)(H,22,24,25). The van der Waals surface area contributed by atoms with E-state index in [1.165, 1.54) is 6.07 Å². The van der Waals surface area contributed by atoms with Crippen molar-refractivity contribution >= 4 is 17.5 Å². The predicted octanol–water partition coefficient (Wildman–Crippen LogP) is 3.49. The first kappa shape index (κ1) is 17.3. The number of benzene rings is 2. The van der Waals surface area contributed by atoms with Crippen LogP contribution in [0.25, 0.3) is 0 Å². The molecule has 3 aromatic rings. The van der Waals surface area contributed by atoms with E-state index in [0.29, 0.717) is 35.1 Å². The largest absolute Gasteiger partial charge is 0.497 e. The average molecular weight is 352 g/mol. The number of hydrogen-bond acceptors (Lipinski definition) is 5. The second-order valence-electron chi connectivity index (χ2n) is 5.43. The molecular formula is C19H17FN4O2. The van der Waals surface area contributed by atoms with Crippen molar-refractivity contribution in [2.24, 2.45) is 0 Å². The smallest absolute Gasteiger partial charge is 0.256 e. The fraction of sp³-hybridized carbons (Fsp3) is 0.105. The highest BCUT2D eigenvalue weighted by atomic mass is 19.1. The summed E-state index contributed by atoms with van der Waals surface area (Å²) in [5.41, 5.74) is 1.01. The van der Waals surface area contributed by atoms with Crippen LogP contribution in [0.1, 0.15) is 15.9 Å². The van der Waals surface area contributed by atoms with Crippen molar-refractivity contribution < 1.29 is 13.9 Å². The molecule has 2 aromatic carbocycles. The maximum absolute atomic E-state index is 13.6. The number of carbonyl (C=O) groups excluding carboxylic acids is 1. The summed E-state index contributed by atoms with van der Waals surface area (Å²) < 4.78 is 18.6. The number of methoxy groups -OCH3 is 1. The van der Waals surface area contributed by atoms with Crippen LogP contribution in [0.3, 0.4) is 0 Å². The minimum absolute atomic E-state index is 0.281. The fourth-order valence-electron chi connectivity index (χ4n) is 2.25. The van der Waals surface area contributed by atoms with Gasteiger partial charge in [0, 0.05) is 17.7 Å². The number of hydrogen-bond donors (Lipinski definition) is 2. The Morgan fingerprint density at radius 3 is 2.35 bits per heavy atom. The van der Waals surface area contributed by atoms with Gasteiger partial charge in [-0.2, -0.15) is 0 Å². The van der Waals surface area contributed by atoms with Gasteiger partial charge in [-0.25, -0.2) is 4.39 Å². The topological polar surface area (TPSA) is 76.1 Å². The average Bonchev–Trinajstić information content (AvgIpc) is 2.68. The van der Waals surface area contributed by atoms with E-state index >= 15 is 0 Å². The van der Waals surface area contributed by atoms with E-state index in [4.69, 9.17) is 4.74 Å². The normalized spacial score (nSPS) is 10.2. The molecule has 1 amide bonds. The van der Waals surface area contributed by atoms with Crippen molar-refractivity contribution in [1.82, 2.24) is 10.2 Å². The summed E-state index contributed by atoms with van der Waals surface area (Å²) in [5.74, 6) is 0.898. The van der Waals surface area contributed by atoms with Gasteiger partial charge in [-0.05, 0) is 42.5 Å². The zero-order chi connectivity index (χ0) is 18.4. The van der Waals surface area contributed by atoms with Crippen molar-refractivity contribution in [3.8, 4) is 5.75 Å². The Bertz CT molecular complexity index is 883. The molecule has 6 nitrogen and oxygen atoms in total. The van der Waals surface area contributed by atoms with Gasteiger partial charge in [0.05, 0.1) is 7.11 Å². The van der Waals surface area contributed by atoms with E-state index in [-0.39, 0.29) is 11.7 Å². The Labute approximate surface area is 150 Å². The van der Waals surface area contributed by atoms with E-state index in [2.05, 4.69) is 20.8 Å². The van der Waals surface area contributed by atoms with E-state index in [9.17, 15) is 9.18 Å². The molecule has 132 valence electrons. The molecule has 0 unspecified atom stereocenters. The van der Waals surface area contributed by atoms with Crippen LogP contribution < -0.4 is 15.4 Å². The van der Waals surface area contributed by atoms with Gasteiger partial charge in [-0.15, -0.1) is 10.2 Å². The highest BCUT2D eigenvalue weighted by Gasteiger charge is 2.08. The molecule has 0 saturated heterocycles. The van der Waals surface area contributed by atoms with E-state index < -0.39 is 0 Å². The molecule has 0 aliphatic carbocycles. The van der Waals surface area contributed by atoms with Crippen molar-refractivity contribution in [3.63, 3.8) is 0 Å². The van der Waals surface area contributed by atoms with Crippen molar-refractivity contribution in [3.05, 3.63) is 77.6 Å². The van der Waals surface area contributed by atoms with Crippen LogP contribution in [0.15, 0.2) is 60.7 Å². The second kappa shape index (κ2) is 8.06. The van der Waals surface area contributed by atoms with Crippen LogP contribution in [-0.2, 0) is 6.54 Å². The number of carbonyl (C=O) groups is 1. The number of rotatable bonds is 6. The molecule has 1 aromatic heterocycles. The first-order valence-electron chi connectivity index (χ1n) is 7.92. The van der Waals surface area contributed by atoms with E-state index in [1.54, 1.807) is 61.7 Å². The molecule has 0 radical (unpaired) electrons. The number of amides is 1. The van der Waals surface area contributed by atoms with Gasteiger partial charge in [-0.3, -0.25) is 4.79 Å². The van der Waals surface area contributed by atoms with Gasteiger partial charge >= 0.3 is 0 Å². The number of nitrogens with one attached hydrogen (secondary N) is 2. The molecule has 3 rings (SSSR count). The summed E-state index contributed by atoms with van der Waals surface area (Å²) >= 11 is 0. The Hall–Kier alpha value is -3.48. The molecule has 26 heavy (non-hydrogen) atoms. The second-order valence-corrected chi connectivity index (χ2v) is 5.43. The Morgan fingerprint density at radius 1 is 1.00 bits per heavy atom. The highest BCUT2D eigenvalue weighted by Crippen LogP contribution is 2.14. The molecule has 1 heterocycles. The first-order chi connectivity index (χ1) is 12.7. The lowest BCUT2D eigenvalue weighted by atomic mass is 10.2. The van der Waals surface area contributed by atoms with Gasteiger partial charge in [0.25, 0.3) is 5.91 Å². The Morgan fingerprint density at radius 2 is 1.69 bits per heavy atom. The molecule has 0 atom stereocenters. The summed E-state index contributed by atoms with van der Waals surface area (Å²) in [6, 6.07) is 16.5. The molecule has 0 saturated carbocycles. The van der Waals surface area contributed by atoms with Gasteiger partial charge in [-0.1, -0.05) is 18.2 Å². The van der Waals surface area contributed by atoms with Gasteiger partial charge in [0.1, 0.15) is 17.4 Å². The molecule has 0 fully saturated rings. The van der Waals surface area contributed by atoms with Crippen LogP contribution in [0.4, 0.5) is 16.0 Å². The zero-order valence-corrected chi connectivity index (χ0v) is 14.1. The van der Waals surface area contributed by atoms with Crippen molar-refractivity contribution in [2.75, 3.05) is 17.7 Å². The zero-order valence-electron chi connectivity index (χ0n) is 14.1. The summed E-state index contributed by atoms with van der Waals surface area (Å²) in [7, 11) is 1.56. The number of halogens is 1. The molecule has 0 aliphatic rings. The third kappa shape index (κ3) is 4.32. The summed E-state index contributed by atoms with van der Waals surface area (Å²) in [5, 5.41) is 13.6. The number of anilines is 2. The van der Waals surface area contributed by atoms with Crippen LogP contribution in [-0.4, -0.2) is 23.2 Å². The van der Waals surface area contributed by atoms with E-state index in [1.807, 2.05) is 0 Å². The van der Waals surface area contributed by atoms with Gasteiger partial charge in [0.15, 0.2) is 5.82 Å². The lowest BCUT2D eigenvalue weighted by Crippen LogP contribution is -2.13. The molecule has 0 bridgehead atoms. The number of nitrogens with zero attached hydrogens (tertiary/aromatic N) is 2. The molecule has 7 heteroatoms. The highest BCUT2D eigenvalue weighted by molar-refractivity contribution is 6.03. The van der Waals surface area contributed by atoms with Crippen molar-refractivity contribution in [2.45, 2.75) is 6.54 Å². The van der Waals surface area contributed by atoms with Gasteiger partial charge in [0.2, 0.25) is 0 Å². The fourth-order valence-corrected chi connectivity index (χ4v) is 2.25. The molecule has 0 aliphatic heterocycles. The molecular weight excluding hydrogens is 335 g/mol. The summed E-state index contributed by atoms with van der Waals surface area (Å²) in [4.78, 5) is 12.2. The lowest BCUT2D eigenvalue weighted by Gasteiger charge is -2.08. The lowest BCUT2D eigenvalue weighted by molar-refractivity contribution is 0.102. The first-order valence-corrected chi connectivity index (χ1v) is 7.92.